The lowest BCUT2D eigenvalue weighted by molar-refractivity contribution is -0.131. The fourth-order valence-electron chi connectivity index (χ4n) is 8.41. The minimum absolute atomic E-state index is 0.00150. The van der Waals surface area contributed by atoms with Gasteiger partial charge in [0.15, 0.2) is 0 Å². The van der Waals surface area contributed by atoms with Crippen molar-refractivity contribution in [2.45, 2.75) is 75.4 Å². The van der Waals surface area contributed by atoms with Crippen LogP contribution in [-0.2, 0) is 10.2 Å². The second-order valence-electron chi connectivity index (χ2n) is 13.1. The van der Waals surface area contributed by atoms with E-state index in [1.54, 1.807) is 12.1 Å². The molecular weight excluding hydrogens is 546 g/mol. The van der Waals surface area contributed by atoms with Gasteiger partial charge in [-0.2, -0.15) is 0 Å². The normalized spacial score (nSPS) is 23.1. The van der Waals surface area contributed by atoms with Gasteiger partial charge in [0.25, 0.3) is 5.91 Å². The van der Waals surface area contributed by atoms with Crippen LogP contribution in [0.2, 0.25) is 0 Å². The van der Waals surface area contributed by atoms with Crippen LogP contribution >= 0.6 is 0 Å². The second kappa shape index (κ2) is 12.2. The summed E-state index contributed by atoms with van der Waals surface area (Å²) in [4.78, 5) is 35.2. The van der Waals surface area contributed by atoms with E-state index < -0.39 is 0 Å². The van der Waals surface area contributed by atoms with Crippen LogP contribution in [0.15, 0.2) is 84.9 Å². The summed E-state index contributed by atoms with van der Waals surface area (Å²) in [5, 5.41) is 2.82. The molecule has 3 atom stereocenters. The van der Waals surface area contributed by atoms with Gasteiger partial charge in [-0.25, -0.2) is 4.98 Å². The number of hydrogen-bond donors (Lipinski definition) is 1. The number of imidazole rings is 1. The van der Waals surface area contributed by atoms with Crippen molar-refractivity contribution in [3.63, 3.8) is 0 Å². The number of fused-ring (bicyclic) bond motifs is 3. The molecule has 2 bridgehead atoms. The standard InChI is InChI=1S/C37H43N5O2/c1-27-39-33-14-8-9-15-34(33)42(27)32-24-30-16-17-31(25-32)41(30)23-20-37(29-12-6-3-7-13-29)18-21-40(22-19-37)35(43)26-38-36(44)28-10-4-2-5-11-28/h2-15,30-32H,16-26H2,1H3,(H,38,44)/t30-,31+,32?. The molecule has 7 rings (SSSR count). The average Bonchev–Trinajstić information content (AvgIpc) is 3.53. The molecule has 1 unspecified atom stereocenters. The zero-order valence-electron chi connectivity index (χ0n) is 25.7. The number of rotatable bonds is 8. The lowest BCUT2D eigenvalue weighted by Crippen LogP contribution is -2.50. The van der Waals surface area contributed by atoms with E-state index in [9.17, 15) is 9.59 Å². The molecule has 2 amide bonds. The second-order valence-corrected chi connectivity index (χ2v) is 13.1. The lowest BCUT2D eigenvalue weighted by atomic mass is 9.70. The van der Waals surface area contributed by atoms with E-state index in [1.165, 1.54) is 36.8 Å². The minimum Gasteiger partial charge on any atom is -0.343 e. The summed E-state index contributed by atoms with van der Waals surface area (Å²) in [6, 6.07) is 30.4. The smallest absolute Gasteiger partial charge is 0.251 e. The Labute approximate surface area is 260 Å². The van der Waals surface area contributed by atoms with Crippen LogP contribution in [0.25, 0.3) is 11.0 Å². The van der Waals surface area contributed by atoms with E-state index in [1.807, 2.05) is 23.1 Å². The molecule has 0 spiro atoms. The molecule has 228 valence electrons. The van der Waals surface area contributed by atoms with Crippen LogP contribution in [0.4, 0.5) is 0 Å². The average molecular weight is 590 g/mol. The number of aromatic nitrogens is 2. The summed E-state index contributed by atoms with van der Waals surface area (Å²) < 4.78 is 2.51. The summed E-state index contributed by atoms with van der Waals surface area (Å²) in [6.07, 6.45) is 7.93. The third-order valence-electron chi connectivity index (χ3n) is 10.7. The maximum absolute atomic E-state index is 13.1. The van der Waals surface area contributed by atoms with E-state index in [0.29, 0.717) is 23.7 Å². The predicted molar refractivity (Wildman–Crippen MR) is 174 cm³/mol. The Morgan fingerprint density at radius 2 is 1.48 bits per heavy atom. The number of nitrogens with one attached hydrogen (secondary N) is 1. The quantitative estimate of drug-likeness (QED) is 0.278. The van der Waals surface area contributed by atoms with Crippen molar-refractivity contribution >= 4 is 22.8 Å². The van der Waals surface area contributed by atoms with Crippen LogP contribution in [0.5, 0.6) is 0 Å². The molecule has 3 aromatic carbocycles. The Hall–Kier alpha value is -3.97. The topological polar surface area (TPSA) is 70.5 Å². The SMILES string of the molecule is Cc1nc2ccccc2n1C1C[C@H]2CC[C@@H](C1)N2CCC1(c2ccccc2)CCN(C(=O)CNC(=O)c2ccccc2)CC1. The van der Waals surface area contributed by atoms with E-state index in [-0.39, 0.29) is 23.8 Å². The minimum atomic E-state index is -0.204. The molecule has 3 aliphatic rings. The molecular formula is C37H43N5O2. The summed E-state index contributed by atoms with van der Waals surface area (Å²) in [5.41, 5.74) is 4.40. The van der Waals surface area contributed by atoms with E-state index in [0.717, 1.165) is 50.2 Å². The van der Waals surface area contributed by atoms with Gasteiger partial charge in [-0.1, -0.05) is 60.7 Å². The van der Waals surface area contributed by atoms with Crippen molar-refractivity contribution in [2.24, 2.45) is 0 Å². The van der Waals surface area contributed by atoms with Crippen LogP contribution < -0.4 is 5.32 Å². The van der Waals surface area contributed by atoms with Gasteiger partial charge in [-0.05, 0) is 93.7 Å². The maximum Gasteiger partial charge on any atom is 0.251 e. The monoisotopic (exact) mass is 589 g/mol. The molecule has 44 heavy (non-hydrogen) atoms. The highest BCUT2D eigenvalue weighted by Gasteiger charge is 2.44. The van der Waals surface area contributed by atoms with E-state index >= 15 is 0 Å². The number of hydrogen-bond acceptors (Lipinski definition) is 4. The number of carbonyl (C=O) groups is 2. The third kappa shape index (κ3) is 5.54. The first-order valence-electron chi connectivity index (χ1n) is 16.4. The van der Waals surface area contributed by atoms with Crippen molar-refractivity contribution in [2.75, 3.05) is 26.2 Å². The third-order valence-corrected chi connectivity index (χ3v) is 10.7. The zero-order chi connectivity index (χ0) is 30.1. The fourth-order valence-corrected chi connectivity index (χ4v) is 8.41. The number of likely N-dealkylation sites (tertiary alicyclic amines) is 1. The van der Waals surface area contributed by atoms with E-state index in [4.69, 9.17) is 4.98 Å². The van der Waals surface area contributed by atoms with Crippen LogP contribution in [0.1, 0.15) is 72.7 Å². The molecule has 4 heterocycles. The molecule has 3 aliphatic heterocycles. The van der Waals surface area contributed by atoms with Gasteiger partial charge in [0.2, 0.25) is 5.91 Å². The van der Waals surface area contributed by atoms with Crippen molar-refractivity contribution in [3.8, 4) is 0 Å². The first-order valence-corrected chi connectivity index (χ1v) is 16.4. The Kier molecular flexibility index (Phi) is 7.98. The highest BCUT2D eigenvalue weighted by Crippen LogP contribution is 2.45. The van der Waals surface area contributed by atoms with Gasteiger partial charge in [0, 0.05) is 36.8 Å². The summed E-state index contributed by atoms with van der Waals surface area (Å²) in [7, 11) is 0. The Bertz CT molecular complexity index is 1590. The number of benzene rings is 3. The molecule has 7 heteroatoms. The molecule has 3 fully saturated rings. The maximum atomic E-state index is 13.1. The zero-order valence-corrected chi connectivity index (χ0v) is 25.7. The Morgan fingerprint density at radius 3 is 2.18 bits per heavy atom. The Balaban J connectivity index is 1.00. The van der Waals surface area contributed by atoms with E-state index in [2.05, 4.69) is 76.3 Å². The number of para-hydroxylation sites is 2. The number of aryl methyl sites for hydroxylation is 1. The summed E-state index contributed by atoms with van der Waals surface area (Å²) >= 11 is 0. The number of piperidine rings is 2. The first kappa shape index (κ1) is 28.8. The van der Waals surface area contributed by atoms with Gasteiger partial charge < -0.3 is 14.8 Å². The molecule has 0 aliphatic carbocycles. The fraction of sp³-hybridized carbons (Fsp3) is 0.432. The summed E-state index contributed by atoms with van der Waals surface area (Å²) in [5.74, 6) is 0.927. The molecule has 0 radical (unpaired) electrons. The summed E-state index contributed by atoms with van der Waals surface area (Å²) in [6.45, 7) is 4.73. The lowest BCUT2D eigenvalue weighted by Gasteiger charge is -2.45. The van der Waals surface area contributed by atoms with Crippen molar-refractivity contribution in [1.29, 1.82) is 0 Å². The molecule has 4 aromatic rings. The molecule has 3 saturated heterocycles. The number of carbonyl (C=O) groups excluding carboxylic acids is 2. The van der Waals surface area contributed by atoms with Gasteiger partial charge in [-0.15, -0.1) is 0 Å². The van der Waals surface area contributed by atoms with Gasteiger partial charge >= 0.3 is 0 Å². The predicted octanol–water partition coefficient (Wildman–Crippen LogP) is 5.89. The number of amides is 2. The van der Waals surface area contributed by atoms with Crippen LogP contribution in [-0.4, -0.2) is 69.4 Å². The highest BCUT2D eigenvalue weighted by atomic mass is 16.2. The molecule has 7 nitrogen and oxygen atoms in total. The molecule has 1 N–H and O–H groups in total. The molecule has 0 saturated carbocycles. The van der Waals surface area contributed by atoms with Crippen molar-refractivity contribution in [3.05, 3.63) is 102 Å². The van der Waals surface area contributed by atoms with Gasteiger partial charge in [0.1, 0.15) is 5.82 Å². The van der Waals surface area contributed by atoms with Crippen molar-refractivity contribution < 1.29 is 9.59 Å². The number of nitrogens with zero attached hydrogens (tertiary/aromatic N) is 4. The first-order chi connectivity index (χ1) is 21.5. The highest BCUT2D eigenvalue weighted by molar-refractivity contribution is 5.96. The molecule has 1 aromatic heterocycles. The largest absolute Gasteiger partial charge is 0.343 e. The van der Waals surface area contributed by atoms with Gasteiger partial charge in [-0.3, -0.25) is 14.5 Å². The van der Waals surface area contributed by atoms with Gasteiger partial charge in [0.05, 0.1) is 17.6 Å². The Morgan fingerprint density at radius 1 is 0.841 bits per heavy atom. The van der Waals surface area contributed by atoms with Crippen molar-refractivity contribution in [1.82, 2.24) is 24.7 Å². The van der Waals surface area contributed by atoms with Crippen LogP contribution in [0.3, 0.4) is 0 Å². The van der Waals surface area contributed by atoms with Crippen LogP contribution in [0, 0.1) is 6.92 Å².